The van der Waals surface area contributed by atoms with E-state index in [9.17, 15) is 19.7 Å². The van der Waals surface area contributed by atoms with Crippen molar-refractivity contribution in [3.8, 4) is 0 Å². The Balaban J connectivity index is 1.67. The lowest BCUT2D eigenvalue weighted by Gasteiger charge is -2.16. The molecule has 0 heterocycles. The van der Waals surface area contributed by atoms with Gasteiger partial charge in [0, 0.05) is 33.3 Å². The van der Waals surface area contributed by atoms with Crippen molar-refractivity contribution >= 4 is 63.8 Å². The molecule has 0 spiro atoms. The minimum Gasteiger partial charge on any atom is -0.324 e. The quantitative estimate of drug-likeness (QED) is 0.203. The molecular weight excluding hydrogens is 485 g/mol. The molecule has 0 aliphatic carbocycles. The van der Waals surface area contributed by atoms with Gasteiger partial charge in [0.1, 0.15) is 0 Å². The second kappa shape index (κ2) is 11.2. The van der Waals surface area contributed by atoms with E-state index in [1.54, 1.807) is 36.4 Å². The highest BCUT2D eigenvalue weighted by Gasteiger charge is 2.19. The highest BCUT2D eigenvalue weighted by Crippen LogP contribution is 2.31. The van der Waals surface area contributed by atoms with Crippen LogP contribution < -0.4 is 10.6 Å². The molecule has 0 saturated heterocycles. The maximum Gasteiger partial charge on any atom is 0.269 e. The van der Waals surface area contributed by atoms with E-state index < -0.39 is 16.1 Å². The van der Waals surface area contributed by atoms with Crippen molar-refractivity contribution in [3.63, 3.8) is 0 Å². The van der Waals surface area contributed by atoms with Crippen LogP contribution >= 0.6 is 35.0 Å². The number of non-ortho nitro benzene ring substituents is 1. The van der Waals surface area contributed by atoms with Crippen LogP contribution in [0, 0.1) is 10.1 Å². The molecule has 0 radical (unpaired) electrons. The zero-order valence-corrected chi connectivity index (χ0v) is 19.7. The highest BCUT2D eigenvalue weighted by atomic mass is 35.5. The molecule has 10 heteroatoms. The first-order valence-corrected chi connectivity index (χ1v) is 11.5. The third kappa shape index (κ3) is 6.71. The summed E-state index contributed by atoms with van der Waals surface area (Å²) in [5, 5.41) is 16.8. The molecule has 3 aromatic rings. The van der Waals surface area contributed by atoms with Gasteiger partial charge in [0.2, 0.25) is 5.91 Å². The molecule has 2 amide bonds. The number of hydrogen-bond donors (Lipinski definition) is 2. The molecule has 0 saturated carbocycles. The second-order valence-corrected chi connectivity index (χ2v) is 9.03. The molecular formula is C23H19Cl2N3O4S. The fourth-order valence-corrected chi connectivity index (χ4v) is 4.23. The topological polar surface area (TPSA) is 101 Å². The van der Waals surface area contributed by atoms with Crippen LogP contribution in [-0.2, 0) is 4.79 Å². The van der Waals surface area contributed by atoms with Gasteiger partial charge in [0.25, 0.3) is 11.6 Å². The molecule has 3 aromatic carbocycles. The van der Waals surface area contributed by atoms with Gasteiger partial charge in [-0.25, -0.2) is 0 Å². The summed E-state index contributed by atoms with van der Waals surface area (Å²) in [6, 6.07) is 17.3. The van der Waals surface area contributed by atoms with Crippen molar-refractivity contribution in [1.82, 2.24) is 0 Å². The maximum atomic E-state index is 12.8. The molecule has 1 atom stereocenters. The maximum absolute atomic E-state index is 12.8. The van der Waals surface area contributed by atoms with E-state index in [0.29, 0.717) is 33.4 Å². The molecule has 0 aliphatic rings. The summed E-state index contributed by atoms with van der Waals surface area (Å²) < 4.78 is 0. The SMILES string of the molecule is CCC(Sc1cccc(NC(=O)c2ccc([N+](=O)[O-])cc2)c1)C(=O)Nc1cc(Cl)ccc1Cl. The van der Waals surface area contributed by atoms with Gasteiger partial charge in [-0.15, -0.1) is 11.8 Å². The standard InChI is InChI=1S/C23H19Cl2N3O4S/c1-2-21(23(30)27-20-12-15(24)8-11-19(20)25)33-18-5-3-4-16(13-18)26-22(29)14-6-9-17(10-7-14)28(31)32/h3-13,21H,2H2,1H3,(H,26,29)(H,27,30). The van der Waals surface area contributed by atoms with E-state index in [2.05, 4.69) is 10.6 Å². The number of nitro benzene ring substituents is 1. The Bertz CT molecular complexity index is 1190. The summed E-state index contributed by atoms with van der Waals surface area (Å²) in [6.45, 7) is 1.90. The molecule has 170 valence electrons. The number of benzene rings is 3. The molecule has 2 N–H and O–H groups in total. The number of nitrogens with zero attached hydrogens (tertiary/aromatic N) is 1. The second-order valence-electron chi connectivity index (χ2n) is 6.91. The van der Waals surface area contributed by atoms with Gasteiger partial charge < -0.3 is 10.6 Å². The third-order valence-electron chi connectivity index (χ3n) is 4.56. The van der Waals surface area contributed by atoms with Crippen LogP contribution in [0.3, 0.4) is 0 Å². The molecule has 0 fully saturated rings. The largest absolute Gasteiger partial charge is 0.324 e. The lowest BCUT2D eigenvalue weighted by Crippen LogP contribution is -2.24. The van der Waals surface area contributed by atoms with Crippen molar-refractivity contribution in [2.24, 2.45) is 0 Å². The summed E-state index contributed by atoms with van der Waals surface area (Å²) in [5.74, 6) is -0.612. The van der Waals surface area contributed by atoms with Gasteiger partial charge in [0.05, 0.1) is 20.9 Å². The zero-order chi connectivity index (χ0) is 24.0. The van der Waals surface area contributed by atoms with Crippen LogP contribution in [0.2, 0.25) is 10.0 Å². The predicted octanol–water partition coefficient (Wildman–Crippen LogP) is 6.66. The number of anilines is 2. The van der Waals surface area contributed by atoms with Crippen molar-refractivity contribution < 1.29 is 14.5 Å². The minimum atomic E-state index is -0.525. The Morgan fingerprint density at radius 3 is 2.42 bits per heavy atom. The molecule has 0 bridgehead atoms. The number of halogens is 2. The number of thioether (sulfide) groups is 1. The smallest absolute Gasteiger partial charge is 0.269 e. The van der Waals surface area contributed by atoms with E-state index in [4.69, 9.17) is 23.2 Å². The first kappa shape index (κ1) is 24.6. The van der Waals surface area contributed by atoms with Crippen molar-refractivity contribution in [3.05, 3.63) is 92.5 Å². The summed E-state index contributed by atoms with van der Waals surface area (Å²) in [6.07, 6.45) is 0.564. The minimum absolute atomic E-state index is 0.0899. The van der Waals surface area contributed by atoms with Gasteiger partial charge in [-0.1, -0.05) is 36.2 Å². The van der Waals surface area contributed by atoms with Gasteiger partial charge in [-0.3, -0.25) is 19.7 Å². The fraction of sp³-hybridized carbons (Fsp3) is 0.130. The molecule has 3 rings (SSSR count). The van der Waals surface area contributed by atoms with E-state index in [-0.39, 0.29) is 11.6 Å². The van der Waals surface area contributed by atoms with Gasteiger partial charge >= 0.3 is 0 Å². The van der Waals surface area contributed by atoms with Gasteiger partial charge in [0.15, 0.2) is 0 Å². The molecule has 33 heavy (non-hydrogen) atoms. The van der Waals surface area contributed by atoms with Crippen molar-refractivity contribution in [1.29, 1.82) is 0 Å². The summed E-state index contributed by atoms with van der Waals surface area (Å²) in [4.78, 5) is 36.3. The number of rotatable bonds is 8. The Morgan fingerprint density at radius 2 is 1.76 bits per heavy atom. The molecule has 0 aliphatic heterocycles. The van der Waals surface area contributed by atoms with Crippen molar-refractivity contribution in [2.75, 3.05) is 10.6 Å². The average Bonchev–Trinajstić information content (AvgIpc) is 2.80. The third-order valence-corrected chi connectivity index (χ3v) is 6.48. The first-order chi connectivity index (χ1) is 15.8. The number of carbonyl (C=O) groups excluding carboxylic acids is 2. The lowest BCUT2D eigenvalue weighted by atomic mass is 10.2. The van der Waals surface area contributed by atoms with Crippen LogP contribution in [0.15, 0.2) is 71.6 Å². The lowest BCUT2D eigenvalue weighted by molar-refractivity contribution is -0.384. The number of nitro groups is 1. The predicted molar refractivity (Wildman–Crippen MR) is 133 cm³/mol. The average molecular weight is 504 g/mol. The van der Waals surface area contributed by atoms with E-state index in [1.165, 1.54) is 36.0 Å². The Labute approximate surface area is 204 Å². The van der Waals surface area contributed by atoms with E-state index in [0.717, 1.165) is 4.90 Å². The van der Waals surface area contributed by atoms with E-state index >= 15 is 0 Å². The van der Waals surface area contributed by atoms with Crippen LogP contribution in [0.4, 0.5) is 17.1 Å². The normalized spacial score (nSPS) is 11.5. The Kier molecular flexibility index (Phi) is 8.32. The highest BCUT2D eigenvalue weighted by molar-refractivity contribution is 8.00. The van der Waals surface area contributed by atoms with E-state index in [1.807, 2.05) is 13.0 Å². The molecule has 7 nitrogen and oxygen atoms in total. The van der Waals surface area contributed by atoms with Crippen LogP contribution in [-0.4, -0.2) is 22.0 Å². The molecule has 0 aromatic heterocycles. The van der Waals surface area contributed by atoms with Gasteiger partial charge in [-0.05, 0) is 55.0 Å². The van der Waals surface area contributed by atoms with Crippen LogP contribution in [0.1, 0.15) is 23.7 Å². The summed E-state index contributed by atoms with van der Waals surface area (Å²) >= 11 is 13.5. The Hall–Kier alpha value is -3.07. The van der Waals surface area contributed by atoms with Gasteiger partial charge in [-0.2, -0.15) is 0 Å². The molecule has 1 unspecified atom stereocenters. The van der Waals surface area contributed by atoms with Crippen molar-refractivity contribution in [2.45, 2.75) is 23.5 Å². The zero-order valence-electron chi connectivity index (χ0n) is 17.4. The number of hydrogen-bond acceptors (Lipinski definition) is 5. The van der Waals surface area contributed by atoms with Crippen LogP contribution in [0.25, 0.3) is 0 Å². The monoisotopic (exact) mass is 503 g/mol. The first-order valence-electron chi connectivity index (χ1n) is 9.85. The van der Waals surface area contributed by atoms with Crippen LogP contribution in [0.5, 0.6) is 0 Å². The number of amides is 2. The number of carbonyl (C=O) groups is 2. The Morgan fingerprint density at radius 1 is 1.03 bits per heavy atom. The number of nitrogens with one attached hydrogen (secondary N) is 2. The summed E-state index contributed by atoms with van der Waals surface area (Å²) in [7, 11) is 0. The summed E-state index contributed by atoms with van der Waals surface area (Å²) in [5.41, 5.74) is 1.18. The fourth-order valence-electron chi connectivity index (χ4n) is 2.88.